The lowest BCUT2D eigenvalue weighted by Gasteiger charge is -2.34. The minimum absolute atomic E-state index is 0.0127. The molecule has 0 aliphatic carbocycles. The number of amides is 3. The molecule has 156 valence electrons. The molecule has 4 N–H and O–H groups in total. The van der Waals surface area contributed by atoms with Gasteiger partial charge in [-0.3, -0.25) is 15.4 Å². The molecule has 8 nitrogen and oxygen atoms in total. The van der Waals surface area contributed by atoms with Gasteiger partial charge in [-0.1, -0.05) is 49.4 Å². The highest BCUT2D eigenvalue weighted by molar-refractivity contribution is 5.90. The molecule has 2 heterocycles. The van der Waals surface area contributed by atoms with Crippen molar-refractivity contribution in [3.8, 4) is 0 Å². The molecule has 1 aliphatic heterocycles. The van der Waals surface area contributed by atoms with Crippen LogP contribution in [0.1, 0.15) is 31.4 Å². The maximum Gasteiger partial charge on any atom is 0.320 e. The molecule has 0 saturated carbocycles. The zero-order valence-corrected chi connectivity index (χ0v) is 17.3. The highest BCUT2D eigenvalue weighted by Gasteiger charge is 2.32. The van der Waals surface area contributed by atoms with Crippen LogP contribution in [0.2, 0.25) is 0 Å². The Balaban J connectivity index is 1.46. The zero-order chi connectivity index (χ0) is 21.3. The van der Waals surface area contributed by atoms with Gasteiger partial charge in [0.05, 0.1) is 11.6 Å². The first-order chi connectivity index (χ1) is 14.4. The van der Waals surface area contributed by atoms with E-state index < -0.39 is 6.29 Å². The van der Waals surface area contributed by atoms with Crippen molar-refractivity contribution in [1.82, 2.24) is 25.7 Å². The number of benzene rings is 2. The molecule has 0 radical (unpaired) electrons. The smallest absolute Gasteiger partial charge is 0.320 e. The van der Waals surface area contributed by atoms with Crippen LogP contribution in [-0.4, -0.2) is 27.8 Å². The molecule has 0 spiro atoms. The summed E-state index contributed by atoms with van der Waals surface area (Å²) in [4.78, 5) is 24.8. The fourth-order valence-corrected chi connectivity index (χ4v) is 3.65. The van der Waals surface area contributed by atoms with Gasteiger partial charge in [0.15, 0.2) is 6.29 Å². The van der Waals surface area contributed by atoms with Crippen molar-refractivity contribution in [2.24, 2.45) is 5.92 Å². The third kappa shape index (κ3) is 3.99. The number of nitrogens with one attached hydrogen (secondary N) is 4. The fraction of sp³-hybridized carbons (Fsp3) is 0.318. The molecule has 3 aromatic rings. The first-order valence-electron chi connectivity index (χ1n) is 10.1. The Kier molecular flexibility index (Phi) is 5.41. The van der Waals surface area contributed by atoms with Crippen LogP contribution in [0.25, 0.3) is 10.8 Å². The number of fused-ring (bicyclic) bond motifs is 1. The summed E-state index contributed by atoms with van der Waals surface area (Å²) in [5.41, 5.74) is 1.78. The highest BCUT2D eigenvalue weighted by Crippen LogP contribution is 2.20. The molecule has 1 fully saturated rings. The zero-order valence-electron chi connectivity index (χ0n) is 17.3. The molecule has 4 rings (SSSR count). The normalized spacial score (nSPS) is 21.3. The number of rotatable bonds is 4. The van der Waals surface area contributed by atoms with E-state index in [1.165, 1.54) is 0 Å². The number of hydrogen-bond donors (Lipinski definition) is 4. The molecule has 3 atom stereocenters. The number of carbonyl (C=O) groups excluding carboxylic acids is 2. The standard InChI is InChI=1S/C22H26N6O2/c1-13-11-19(28(27-13)21-24-15(3)14(2)20(29)26-21)25-22(30)23-12-17-9-6-8-16-7-4-5-10-18(16)17/h4-11,14-15,21,24H,12H2,1-3H3,(H,26,29)(H2,23,25,30). The maximum absolute atomic E-state index is 12.6. The van der Waals surface area contributed by atoms with E-state index >= 15 is 0 Å². The van der Waals surface area contributed by atoms with Crippen LogP contribution in [0.4, 0.5) is 10.6 Å². The van der Waals surface area contributed by atoms with Gasteiger partial charge in [-0.15, -0.1) is 0 Å². The van der Waals surface area contributed by atoms with Crippen LogP contribution in [0, 0.1) is 12.8 Å². The van der Waals surface area contributed by atoms with E-state index in [1.54, 1.807) is 10.7 Å². The summed E-state index contributed by atoms with van der Waals surface area (Å²) < 4.78 is 1.59. The van der Waals surface area contributed by atoms with E-state index in [2.05, 4.69) is 26.4 Å². The van der Waals surface area contributed by atoms with Crippen molar-refractivity contribution in [3.05, 3.63) is 59.8 Å². The SMILES string of the molecule is Cc1cc(NC(=O)NCc2cccc3ccccc23)n(C2NC(=O)C(C)C(C)N2)n1. The molecular formula is C22H26N6O2. The second kappa shape index (κ2) is 8.16. The molecular weight excluding hydrogens is 380 g/mol. The number of urea groups is 1. The lowest BCUT2D eigenvalue weighted by Crippen LogP contribution is -2.57. The van der Waals surface area contributed by atoms with E-state index in [1.807, 2.05) is 63.2 Å². The van der Waals surface area contributed by atoms with Crippen LogP contribution < -0.4 is 21.3 Å². The average molecular weight is 406 g/mol. The van der Waals surface area contributed by atoms with Gasteiger partial charge in [-0.2, -0.15) is 5.10 Å². The summed E-state index contributed by atoms with van der Waals surface area (Å²) in [5.74, 6) is 0.312. The first-order valence-corrected chi connectivity index (χ1v) is 10.1. The average Bonchev–Trinajstić information content (AvgIpc) is 3.10. The van der Waals surface area contributed by atoms with Gasteiger partial charge in [0.2, 0.25) is 5.91 Å². The van der Waals surface area contributed by atoms with Crippen LogP contribution in [0.5, 0.6) is 0 Å². The Morgan fingerprint density at radius 3 is 2.73 bits per heavy atom. The molecule has 8 heteroatoms. The van der Waals surface area contributed by atoms with Crippen molar-refractivity contribution in [1.29, 1.82) is 0 Å². The topological polar surface area (TPSA) is 100 Å². The number of nitrogens with zero attached hydrogens (tertiary/aromatic N) is 2. The summed E-state index contributed by atoms with van der Waals surface area (Å²) in [7, 11) is 0. The monoisotopic (exact) mass is 406 g/mol. The summed E-state index contributed by atoms with van der Waals surface area (Å²) in [6.45, 7) is 6.06. The molecule has 1 saturated heterocycles. The number of carbonyl (C=O) groups is 2. The lowest BCUT2D eigenvalue weighted by molar-refractivity contribution is -0.130. The fourth-order valence-electron chi connectivity index (χ4n) is 3.65. The van der Waals surface area contributed by atoms with Gasteiger partial charge < -0.3 is 10.6 Å². The van der Waals surface area contributed by atoms with Crippen LogP contribution in [0.15, 0.2) is 48.5 Å². The Hall–Kier alpha value is -3.39. The Morgan fingerprint density at radius 1 is 1.17 bits per heavy atom. The number of aromatic nitrogens is 2. The minimum Gasteiger partial charge on any atom is -0.334 e. The van der Waals surface area contributed by atoms with E-state index in [4.69, 9.17) is 0 Å². The van der Waals surface area contributed by atoms with Crippen LogP contribution in [0.3, 0.4) is 0 Å². The molecule has 3 amide bonds. The van der Waals surface area contributed by atoms with Gasteiger partial charge in [-0.25, -0.2) is 9.48 Å². The van der Waals surface area contributed by atoms with Crippen molar-refractivity contribution in [2.45, 2.75) is 39.6 Å². The van der Waals surface area contributed by atoms with Gasteiger partial charge in [0.25, 0.3) is 0 Å². The quantitative estimate of drug-likeness (QED) is 0.535. The predicted molar refractivity (Wildman–Crippen MR) is 116 cm³/mol. The first kappa shape index (κ1) is 19.9. The van der Waals surface area contributed by atoms with E-state index in [0.29, 0.717) is 12.4 Å². The molecule has 1 aliphatic rings. The van der Waals surface area contributed by atoms with Gasteiger partial charge >= 0.3 is 6.03 Å². The number of anilines is 1. The summed E-state index contributed by atoms with van der Waals surface area (Å²) in [6, 6.07) is 15.5. The maximum atomic E-state index is 12.6. The second-order valence-corrected chi connectivity index (χ2v) is 7.72. The van der Waals surface area contributed by atoms with E-state index in [-0.39, 0.29) is 23.9 Å². The summed E-state index contributed by atoms with van der Waals surface area (Å²) >= 11 is 0. The van der Waals surface area contributed by atoms with Crippen molar-refractivity contribution in [2.75, 3.05) is 5.32 Å². The van der Waals surface area contributed by atoms with E-state index in [9.17, 15) is 9.59 Å². The Bertz CT molecular complexity index is 1090. The predicted octanol–water partition coefficient (Wildman–Crippen LogP) is 2.87. The Labute approximate surface area is 175 Å². The van der Waals surface area contributed by atoms with Crippen molar-refractivity contribution >= 4 is 28.5 Å². The third-order valence-corrected chi connectivity index (χ3v) is 5.53. The lowest BCUT2D eigenvalue weighted by atomic mass is 10.0. The highest BCUT2D eigenvalue weighted by atomic mass is 16.2. The van der Waals surface area contributed by atoms with Gasteiger partial charge in [0, 0.05) is 18.7 Å². The van der Waals surface area contributed by atoms with Crippen LogP contribution in [-0.2, 0) is 11.3 Å². The van der Waals surface area contributed by atoms with Gasteiger partial charge in [0.1, 0.15) is 5.82 Å². The van der Waals surface area contributed by atoms with Crippen LogP contribution >= 0.6 is 0 Å². The van der Waals surface area contributed by atoms with Gasteiger partial charge in [-0.05, 0) is 30.2 Å². The molecule has 0 bridgehead atoms. The minimum atomic E-state index is -0.522. The van der Waals surface area contributed by atoms with Crippen molar-refractivity contribution in [3.63, 3.8) is 0 Å². The molecule has 3 unspecified atom stereocenters. The summed E-state index contributed by atoms with van der Waals surface area (Å²) in [5, 5.41) is 18.6. The van der Waals surface area contributed by atoms with E-state index in [0.717, 1.165) is 22.0 Å². The number of hydrogen-bond acceptors (Lipinski definition) is 4. The van der Waals surface area contributed by atoms with Crippen molar-refractivity contribution < 1.29 is 9.59 Å². The summed E-state index contributed by atoms with van der Waals surface area (Å²) in [6.07, 6.45) is -0.522. The largest absolute Gasteiger partial charge is 0.334 e. The third-order valence-electron chi connectivity index (χ3n) is 5.53. The molecule has 1 aromatic heterocycles. The molecule has 30 heavy (non-hydrogen) atoms. The molecule has 2 aromatic carbocycles. The second-order valence-electron chi connectivity index (χ2n) is 7.72. The number of aryl methyl sites for hydroxylation is 1. The Morgan fingerprint density at radius 2 is 1.93 bits per heavy atom.